The number of rotatable bonds is 9. The number of carbonyl (C=O) groups is 1. The Hall–Kier alpha value is -2.07. The maximum Gasteiger partial charge on any atom is 0.323 e. The molecule has 0 spiro atoms. The van der Waals surface area contributed by atoms with Gasteiger partial charge in [-0.3, -0.25) is 4.79 Å². The van der Waals surface area contributed by atoms with Crippen molar-refractivity contribution in [2.75, 3.05) is 0 Å². The van der Waals surface area contributed by atoms with Gasteiger partial charge in [0.25, 0.3) is 0 Å². The van der Waals surface area contributed by atoms with Crippen molar-refractivity contribution in [3.05, 3.63) is 48.7 Å². The van der Waals surface area contributed by atoms with E-state index in [1.165, 1.54) is 0 Å². The first-order valence-corrected chi connectivity index (χ1v) is 8.98. The van der Waals surface area contributed by atoms with Crippen LogP contribution in [0.5, 0.6) is 0 Å². The normalized spacial score (nSPS) is 14.2. The molecule has 0 aliphatic carbocycles. The zero-order valence-corrected chi connectivity index (χ0v) is 15.5. The molecule has 0 aliphatic heterocycles. The molecule has 0 saturated heterocycles. The summed E-state index contributed by atoms with van der Waals surface area (Å²) in [4.78, 5) is 15.6. The maximum atomic E-state index is 12.4. The smallest absolute Gasteiger partial charge is 0.323 e. The van der Waals surface area contributed by atoms with E-state index in [2.05, 4.69) is 18.5 Å². The fraction of sp³-hybridized carbons (Fsp3) is 0.476. The number of fused-ring (bicyclic) bond motifs is 1. The number of allylic oxidation sites excluding steroid dienone is 1. The number of benzene rings is 1. The summed E-state index contributed by atoms with van der Waals surface area (Å²) in [5.41, 5.74) is 7.69. The van der Waals surface area contributed by atoms with Crippen molar-refractivity contribution in [2.45, 2.75) is 58.1 Å². The van der Waals surface area contributed by atoms with Crippen molar-refractivity contribution in [2.24, 2.45) is 11.7 Å². The van der Waals surface area contributed by atoms with Crippen molar-refractivity contribution >= 4 is 16.9 Å². The highest BCUT2D eigenvalue weighted by Gasteiger charge is 2.26. The highest BCUT2D eigenvalue weighted by molar-refractivity contribution is 5.84. The number of para-hydroxylation sites is 1. The third kappa shape index (κ3) is 5.46. The number of aromatic nitrogens is 1. The van der Waals surface area contributed by atoms with E-state index in [1.54, 1.807) is 0 Å². The molecule has 0 amide bonds. The number of aromatic amines is 1. The number of hydrogen-bond donors (Lipinski definition) is 2. The zero-order valence-electron chi connectivity index (χ0n) is 15.5. The van der Waals surface area contributed by atoms with Crippen LogP contribution in [-0.2, 0) is 16.0 Å². The molecule has 2 rings (SSSR count). The molecule has 1 heterocycles. The van der Waals surface area contributed by atoms with E-state index in [0.717, 1.165) is 35.7 Å². The molecule has 25 heavy (non-hydrogen) atoms. The van der Waals surface area contributed by atoms with Crippen LogP contribution in [0.25, 0.3) is 10.9 Å². The van der Waals surface area contributed by atoms with E-state index < -0.39 is 11.6 Å². The van der Waals surface area contributed by atoms with Crippen LogP contribution >= 0.6 is 0 Å². The third-order valence-corrected chi connectivity index (χ3v) is 4.64. The van der Waals surface area contributed by atoms with Gasteiger partial charge in [-0.05, 0) is 50.7 Å². The second kappa shape index (κ2) is 8.34. The molecule has 0 bridgehead atoms. The number of esters is 1. The first-order valence-electron chi connectivity index (χ1n) is 8.98. The lowest BCUT2D eigenvalue weighted by molar-refractivity contribution is -0.158. The van der Waals surface area contributed by atoms with Crippen molar-refractivity contribution in [3.8, 4) is 0 Å². The monoisotopic (exact) mass is 342 g/mol. The molecule has 1 aromatic carbocycles. The molecule has 136 valence electrons. The molecule has 1 unspecified atom stereocenters. The minimum Gasteiger partial charge on any atom is -0.459 e. The van der Waals surface area contributed by atoms with Gasteiger partial charge in [0.1, 0.15) is 11.6 Å². The lowest BCUT2D eigenvalue weighted by atomic mass is 9.96. The van der Waals surface area contributed by atoms with Crippen LogP contribution in [-0.4, -0.2) is 22.6 Å². The van der Waals surface area contributed by atoms with E-state index in [1.807, 2.05) is 50.4 Å². The van der Waals surface area contributed by atoms with Crippen LogP contribution in [0.1, 0.15) is 45.6 Å². The quantitative estimate of drug-likeness (QED) is 0.526. The Morgan fingerprint density at radius 1 is 1.40 bits per heavy atom. The molecule has 0 fully saturated rings. The van der Waals surface area contributed by atoms with Crippen LogP contribution in [0.15, 0.2) is 43.1 Å². The molecule has 0 aliphatic rings. The van der Waals surface area contributed by atoms with E-state index in [0.29, 0.717) is 12.3 Å². The molecule has 2 aromatic rings. The Labute approximate surface area is 150 Å². The summed E-state index contributed by atoms with van der Waals surface area (Å²) >= 11 is 0. The lowest BCUT2D eigenvalue weighted by Crippen LogP contribution is -2.40. The fourth-order valence-corrected chi connectivity index (χ4v) is 2.99. The summed E-state index contributed by atoms with van der Waals surface area (Å²) in [7, 11) is 0. The average molecular weight is 342 g/mol. The van der Waals surface area contributed by atoms with Crippen molar-refractivity contribution in [1.29, 1.82) is 0 Å². The van der Waals surface area contributed by atoms with E-state index in [-0.39, 0.29) is 5.97 Å². The summed E-state index contributed by atoms with van der Waals surface area (Å²) in [5, 5.41) is 1.10. The predicted octanol–water partition coefficient (Wildman–Crippen LogP) is 4.35. The number of nitrogens with two attached hydrogens (primary N) is 1. The molecule has 4 heteroatoms. The number of carbonyl (C=O) groups excluding carboxylic acids is 1. The van der Waals surface area contributed by atoms with Gasteiger partial charge < -0.3 is 15.5 Å². The first-order chi connectivity index (χ1) is 11.8. The SMILES string of the molecule is C=CC(C)CCCC(C)(C)OC(=O)[C@@H](N)Cc1c[nH]c2ccccc12. The second-order valence-electron chi connectivity index (χ2n) is 7.46. The maximum absolute atomic E-state index is 12.4. The average Bonchev–Trinajstić information content (AvgIpc) is 2.97. The van der Waals surface area contributed by atoms with E-state index >= 15 is 0 Å². The second-order valence-corrected chi connectivity index (χ2v) is 7.46. The van der Waals surface area contributed by atoms with Gasteiger partial charge in [0.15, 0.2) is 0 Å². The van der Waals surface area contributed by atoms with Gasteiger partial charge in [0.05, 0.1) is 0 Å². The Morgan fingerprint density at radius 2 is 2.12 bits per heavy atom. The van der Waals surface area contributed by atoms with Gasteiger partial charge in [-0.2, -0.15) is 0 Å². The molecule has 2 atom stereocenters. The topological polar surface area (TPSA) is 68.1 Å². The van der Waals surface area contributed by atoms with E-state index in [9.17, 15) is 4.79 Å². The molecular formula is C21H30N2O2. The Bertz CT molecular complexity index is 718. The number of H-pyrrole nitrogens is 1. The summed E-state index contributed by atoms with van der Waals surface area (Å²) in [6, 6.07) is 7.34. The number of ether oxygens (including phenoxy) is 1. The van der Waals surface area contributed by atoms with Crippen molar-refractivity contribution in [3.63, 3.8) is 0 Å². The minimum atomic E-state index is -0.662. The van der Waals surface area contributed by atoms with Gasteiger partial charge in [0, 0.05) is 23.5 Å². The largest absolute Gasteiger partial charge is 0.459 e. The molecule has 4 nitrogen and oxygen atoms in total. The van der Waals surface area contributed by atoms with Crippen molar-refractivity contribution in [1.82, 2.24) is 4.98 Å². The molecule has 0 radical (unpaired) electrons. The van der Waals surface area contributed by atoms with Gasteiger partial charge >= 0.3 is 5.97 Å². The van der Waals surface area contributed by atoms with Gasteiger partial charge in [0.2, 0.25) is 0 Å². The van der Waals surface area contributed by atoms with Crippen LogP contribution in [0.2, 0.25) is 0 Å². The highest BCUT2D eigenvalue weighted by atomic mass is 16.6. The van der Waals surface area contributed by atoms with Gasteiger partial charge in [-0.15, -0.1) is 6.58 Å². The molecule has 1 aromatic heterocycles. The summed E-state index contributed by atoms with van der Waals surface area (Å²) in [6.45, 7) is 9.83. The van der Waals surface area contributed by atoms with E-state index in [4.69, 9.17) is 10.5 Å². The first kappa shape index (κ1) is 19.3. The van der Waals surface area contributed by atoms with Crippen LogP contribution in [0, 0.1) is 5.92 Å². The lowest BCUT2D eigenvalue weighted by Gasteiger charge is -2.27. The van der Waals surface area contributed by atoms with Gasteiger partial charge in [-0.25, -0.2) is 0 Å². The fourth-order valence-electron chi connectivity index (χ4n) is 2.99. The van der Waals surface area contributed by atoms with Gasteiger partial charge in [-0.1, -0.05) is 31.2 Å². The van der Waals surface area contributed by atoms with Crippen molar-refractivity contribution < 1.29 is 9.53 Å². The molecular weight excluding hydrogens is 312 g/mol. The minimum absolute atomic E-state index is 0.341. The van der Waals surface area contributed by atoms with Crippen LogP contribution < -0.4 is 5.73 Å². The Morgan fingerprint density at radius 3 is 2.84 bits per heavy atom. The predicted molar refractivity (Wildman–Crippen MR) is 103 cm³/mol. The molecule has 0 saturated carbocycles. The summed E-state index contributed by atoms with van der Waals surface area (Å²) in [5.74, 6) is 0.141. The van der Waals surface area contributed by atoms with Crippen LogP contribution in [0.3, 0.4) is 0 Å². The number of nitrogens with one attached hydrogen (secondary N) is 1. The highest BCUT2D eigenvalue weighted by Crippen LogP contribution is 2.22. The molecule has 3 N–H and O–H groups in total. The third-order valence-electron chi connectivity index (χ3n) is 4.64. The summed E-state index contributed by atoms with van der Waals surface area (Å²) < 4.78 is 5.68. The summed E-state index contributed by atoms with van der Waals surface area (Å²) in [6.07, 6.45) is 7.19. The number of hydrogen-bond acceptors (Lipinski definition) is 3. The zero-order chi connectivity index (χ0) is 18.4. The Kier molecular flexibility index (Phi) is 6.43. The van der Waals surface area contributed by atoms with Crippen LogP contribution in [0.4, 0.5) is 0 Å². The standard InChI is InChI=1S/C21H30N2O2/c1-5-15(2)9-8-12-21(3,4)25-20(24)18(22)13-16-14-23-19-11-7-6-10-17(16)19/h5-7,10-11,14-15,18,23H,1,8-9,12-13,22H2,2-4H3/t15?,18-/m0/s1. The Balaban J connectivity index is 1.89.